The van der Waals surface area contributed by atoms with Crippen LogP contribution in [0, 0.1) is 0 Å². The minimum atomic E-state index is -0.0422. The Morgan fingerprint density at radius 1 is 1.08 bits per heavy atom. The molecule has 25 heavy (non-hydrogen) atoms. The van der Waals surface area contributed by atoms with Crippen LogP contribution in [0.2, 0.25) is 5.02 Å². The number of hydrogen-bond donors (Lipinski definition) is 0. The molecule has 0 N–H and O–H groups in total. The first-order valence-corrected chi connectivity index (χ1v) is 9.21. The molecule has 0 aliphatic carbocycles. The van der Waals surface area contributed by atoms with Gasteiger partial charge in [-0.15, -0.1) is 11.3 Å². The Morgan fingerprint density at radius 2 is 1.80 bits per heavy atom. The fourth-order valence-electron chi connectivity index (χ4n) is 2.74. The van der Waals surface area contributed by atoms with E-state index in [-0.39, 0.29) is 5.56 Å². The summed E-state index contributed by atoms with van der Waals surface area (Å²) in [6.07, 6.45) is 2.58. The molecule has 0 fully saturated rings. The molecule has 2 aromatic heterocycles. The zero-order valence-electron chi connectivity index (χ0n) is 13.6. The van der Waals surface area contributed by atoms with Crippen molar-refractivity contribution in [3.63, 3.8) is 0 Å². The van der Waals surface area contributed by atoms with E-state index in [1.807, 2.05) is 54.6 Å². The maximum Gasteiger partial charge on any atom is 0.275 e. The van der Waals surface area contributed by atoms with Gasteiger partial charge in [0.1, 0.15) is 11.0 Å². The zero-order valence-corrected chi connectivity index (χ0v) is 15.1. The number of halogens is 1. The van der Waals surface area contributed by atoms with E-state index in [0.717, 1.165) is 28.1 Å². The molecule has 5 heteroatoms. The van der Waals surface area contributed by atoms with Gasteiger partial charge in [0.25, 0.3) is 5.56 Å². The van der Waals surface area contributed by atoms with Gasteiger partial charge in [0.15, 0.2) is 0 Å². The topological polar surface area (TPSA) is 34.9 Å². The van der Waals surface area contributed by atoms with Gasteiger partial charge in [-0.05, 0) is 47.9 Å². The summed E-state index contributed by atoms with van der Waals surface area (Å²) >= 11 is 7.41. The summed E-state index contributed by atoms with van der Waals surface area (Å²) in [6.45, 7) is 2.11. The Hall–Kier alpha value is -2.43. The summed E-state index contributed by atoms with van der Waals surface area (Å²) in [5.74, 6) is 0. The number of fused-ring (bicyclic) bond motifs is 1. The molecule has 0 aliphatic heterocycles. The second-order valence-electron chi connectivity index (χ2n) is 5.77. The van der Waals surface area contributed by atoms with Crippen LogP contribution in [0.5, 0.6) is 0 Å². The van der Waals surface area contributed by atoms with Crippen LogP contribution in [0.3, 0.4) is 0 Å². The molecule has 0 amide bonds. The van der Waals surface area contributed by atoms with Crippen molar-refractivity contribution in [3.05, 3.63) is 81.9 Å². The third-order valence-electron chi connectivity index (χ3n) is 4.19. The molecule has 0 spiro atoms. The molecule has 3 nitrogen and oxygen atoms in total. The summed E-state index contributed by atoms with van der Waals surface area (Å²) in [7, 11) is 0. The van der Waals surface area contributed by atoms with Crippen LogP contribution < -0.4 is 5.56 Å². The predicted octanol–water partition coefficient (Wildman–Crippen LogP) is 5.33. The minimum absolute atomic E-state index is 0.0422. The highest BCUT2D eigenvalue weighted by atomic mass is 35.5. The van der Waals surface area contributed by atoms with Crippen molar-refractivity contribution < 1.29 is 0 Å². The molecule has 124 valence electrons. The lowest BCUT2D eigenvalue weighted by molar-refractivity contribution is 0.963. The van der Waals surface area contributed by atoms with Gasteiger partial charge in [0.05, 0.1) is 11.2 Å². The first kappa shape index (κ1) is 16.1. The van der Waals surface area contributed by atoms with Gasteiger partial charge in [-0.3, -0.25) is 9.36 Å². The lowest BCUT2D eigenvalue weighted by Gasteiger charge is -2.05. The predicted molar refractivity (Wildman–Crippen MR) is 105 cm³/mol. The van der Waals surface area contributed by atoms with E-state index in [0.29, 0.717) is 9.72 Å². The number of nitrogens with zero attached hydrogens (tertiary/aromatic N) is 2. The molecule has 4 rings (SSSR count). The maximum absolute atomic E-state index is 12.9. The second kappa shape index (κ2) is 6.47. The van der Waals surface area contributed by atoms with Crippen molar-refractivity contribution in [1.29, 1.82) is 0 Å². The van der Waals surface area contributed by atoms with Gasteiger partial charge in [0.2, 0.25) is 0 Å². The highest BCUT2D eigenvalue weighted by Gasteiger charge is 2.11. The number of aryl methyl sites for hydroxylation is 1. The van der Waals surface area contributed by atoms with E-state index in [2.05, 4.69) is 11.9 Å². The molecular weight excluding hydrogens is 352 g/mol. The first-order chi connectivity index (χ1) is 12.2. The first-order valence-electron chi connectivity index (χ1n) is 8.02. The summed E-state index contributed by atoms with van der Waals surface area (Å²) < 4.78 is 2.26. The van der Waals surface area contributed by atoms with Crippen molar-refractivity contribution in [2.24, 2.45) is 0 Å². The Morgan fingerprint density at radius 3 is 2.48 bits per heavy atom. The molecule has 0 atom stereocenters. The Labute approximate surface area is 154 Å². The van der Waals surface area contributed by atoms with E-state index in [1.54, 1.807) is 10.9 Å². The van der Waals surface area contributed by atoms with Gasteiger partial charge in [0, 0.05) is 9.90 Å². The molecular formula is C20H15ClN2OS. The monoisotopic (exact) mass is 366 g/mol. The lowest BCUT2D eigenvalue weighted by Crippen LogP contribution is -2.17. The smallest absolute Gasteiger partial charge is 0.267 e. The van der Waals surface area contributed by atoms with Gasteiger partial charge in [-0.2, -0.15) is 0 Å². The number of rotatable bonds is 3. The van der Waals surface area contributed by atoms with Crippen LogP contribution in [-0.2, 0) is 6.42 Å². The van der Waals surface area contributed by atoms with E-state index in [9.17, 15) is 4.79 Å². The Kier molecular flexibility index (Phi) is 4.15. The third kappa shape index (κ3) is 2.99. The van der Waals surface area contributed by atoms with Crippen molar-refractivity contribution in [1.82, 2.24) is 9.55 Å². The van der Waals surface area contributed by atoms with Crippen molar-refractivity contribution in [2.45, 2.75) is 13.3 Å². The summed E-state index contributed by atoms with van der Waals surface area (Å²) in [6, 6.07) is 17.6. The fraction of sp³-hybridized carbons (Fsp3) is 0.100. The quantitative estimate of drug-likeness (QED) is 0.491. The Bertz CT molecular complexity index is 1100. The maximum atomic E-state index is 12.9. The van der Waals surface area contributed by atoms with Gasteiger partial charge in [-0.1, -0.05) is 42.8 Å². The van der Waals surface area contributed by atoms with Crippen LogP contribution in [0.15, 0.2) is 65.7 Å². The van der Waals surface area contributed by atoms with Crippen LogP contribution in [-0.4, -0.2) is 9.55 Å². The number of benzene rings is 2. The van der Waals surface area contributed by atoms with Crippen molar-refractivity contribution in [3.8, 4) is 16.1 Å². The van der Waals surface area contributed by atoms with E-state index >= 15 is 0 Å². The normalized spacial score (nSPS) is 11.1. The van der Waals surface area contributed by atoms with E-state index in [4.69, 9.17) is 11.6 Å². The summed E-state index contributed by atoms with van der Waals surface area (Å²) in [5, 5.41) is 0.695. The lowest BCUT2D eigenvalue weighted by atomic mass is 10.1. The van der Waals surface area contributed by atoms with Crippen molar-refractivity contribution >= 4 is 33.2 Å². The standard InChI is InChI=1S/C20H15ClN2OS/c1-2-13-3-9-16(10-4-13)23-12-22-17-11-18(25-19(17)20(23)24)14-5-7-15(21)8-6-14/h3-12H,2H2,1H3. The van der Waals surface area contributed by atoms with Gasteiger partial charge >= 0.3 is 0 Å². The van der Waals surface area contributed by atoms with E-state index < -0.39 is 0 Å². The largest absolute Gasteiger partial charge is 0.275 e. The molecule has 0 saturated heterocycles. The number of hydrogen-bond acceptors (Lipinski definition) is 3. The highest BCUT2D eigenvalue weighted by Crippen LogP contribution is 2.31. The SMILES string of the molecule is CCc1ccc(-n2cnc3cc(-c4ccc(Cl)cc4)sc3c2=O)cc1. The molecule has 2 aromatic carbocycles. The van der Waals surface area contributed by atoms with E-state index in [1.165, 1.54) is 16.9 Å². The summed E-state index contributed by atoms with van der Waals surface area (Å²) in [4.78, 5) is 18.4. The van der Waals surface area contributed by atoms with Crippen LogP contribution in [0.25, 0.3) is 26.3 Å². The summed E-state index contributed by atoms with van der Waals surface area (Å²) in [5.41, 5.74) is 3.79. The number of aromatic nitrogens is 2. The second-order valence-corrected chi connectivity index (χ2v) is 7.26. The van der Waals surface area contributed by atoms with Crippen LogP contribution in [0.1, 0.15) is 12.5 Å². The van der Waals surface area contributed by atoms with Crippen LogP contribution >= 0.6 is 22.9 Å². The molecule has 0 unspecified atom stereocenters. The molecule has 0 saturated carbocycles. The molecule has 0 aliphatic rings. The molecule has 0 radical (unpaired) electrons. The Balaban J connectivity index is 1.82. The molecule has 0 bridgehead atoms. The van der Waals surface area contributed by atoms with Gasteiger partial charge < -0.3 is 0 Å². The average Bonchev–Trinajstić information content (AvgIpc) is 3.08. The third-order valence-corrected chi connectivity index (χ3v) is 5.60. The minimum Gasteiger partial charge on any atom is -0.267 e. The highest BCUT2D eigenvalue weighted by molar-refractivity contribution is 7.22. The van der Waals surface area contributed by atoms with Crippen LogP contribution in [0.4, 0.5) is 0 Å². The number of thiophene rings is 1. The zero-order chi connectivity index (χ0) is 17.4. The molecule has 4 aromatic rings. The fourth-order valence-corrected chi connectivity index (χ4v) is 3.92. The molecule has 2 heterocycles. The van der Waals surface area contributed by atoms with Crippen molar-refractivity contribution in [2.75, 3.05) is 0 Å². The average molecular weight is 367 g/mol. The van der Waals surface area contributed by atoms with Gasteiger partial charge in [-0.25, -0.2) is 4.98 Å².